The van der Waals surface area contributed by atoms with E-state index < -0.39 is 0 Å². The number of ether oxygens (including phenoxy) is 2. The lowest BCUT2D eigenvalue weighted by Crippen LogP contribution is -2.38. The topological polar surface area (TPSA) is 63.9 Å². The summed E-state index contributed by atoms with van der Waals surface area (Å²) in [6.45, 7) is 6.21. The van der Waals surface area contributed by atoms with Crippen LogP contribution in [0.2, 0.25) is 0 Å². The van der Waals surface area contributed by atoms with Crippen molar-refractivity contribution in [3.8, 4) is 11.5 Å². The van der Waals surface area contributed by atoms with Crippen LogP contribution in [0.15, 0.2) is 34.7 Å². The molecule has 1 aromatic carbocycles. The number of amides is 1. The van der Waals surface area contributed by atoms with Gasteiger partial charge in [-0.05, 0) is 36.8 Å². The van der Waals surface area contributed by atoms with Crippen molar-refractivity contribution >= 4 is 5.91 Å². The molecule has 2 aromatic rings. The van der Waals surface area contributed by atoms with Crippen LogP contribution in [0.5, 0.6) is 11.5 Å². The van der Waals surface area contributed by atoms with Gasteiger partial charge in [-0.15, -0.1) is 0 Å². The Morgan fingerprint density at radius 2 is 2.04 bits per heavy atom. The lowest BCUT2D eigenvalue weighted by molar-refractivity contribution is -0.119. The van der Waals surface area contributed by atoms with Crippen LogP contribution in [-0.2, 0) is 11.3 Å². The zero-order valence-corrected chi connectivity index (χ0v) is 14.5. The van der Waals surface area contributed by atoms with Crippen LogP contribution in [0.4, 0.5) is 0 Å². The van der Waals surface area contributed by atoms with Crippen molar-refractivity contribution in [3.05, 3.63) is 47.4 Å². The third kappa shape index (κ3) is 3.35. The molecule has 25 heavy (non-hydrogen) atoms. The molecule has 0 radical (unpaired) electrons. The van der Waals surface area contributed by atoms with E-state index in [4.69, 9.17) is 13.9 Å². The zero-order chi connectivity index (χ0) is 17.4. The Hall–Kier alpha value is -2.47. The molecule has 2 aliphatic heterocycles. The van der Waals surface area contributed by atoms with E-state index in [-0.39, 0.29) is 24.7 Å². The molecule has 2 aliphatic rings. The first-order chi connectivity index (χ1) is 12.1. The first-order valence-corrected chi connectivity index (χ1v) is 8.53. The van der Waals surface area contributed by atoms with Crippen LogP contribution in [0.1, 0.15) is 29.9 Å². The van der Waals surface area contributed by atoms with Gasteiger partial charge in [-0.2, -0.15) is 0 Å². The lowest BCUT2D eigenvalue weighted by Gasteiger charge is -2.17. The minimum absolute atomic E-state index is 0.0109. The Balaban J connectivity index is 1.50. The zero-order valence-electron chi connectivity index (χ0n) is 14.5. The van der Waals surface area contributed by atoms with Gasteiger partial charge in [0.2, 0.25) is 12.7 Å². The fraction of sp³-hybridized carbons (Fsp3) is 0.421. The molecule has 0 saturated carbocycles. The molecule has 2 atom stereocenters. The standard InChI is InChI=1S/C19H22N2O4/c1-12-3-5-17(25-12)15-9-21(10-16(15)20-13(2)22)8-14-4-6-18-19(7-14)24-11-23-18/h3-7,15-16H,8-11H2,1-2H3,(H,20,22)/t15-,16-/m1/s1. The van der Waals surface area contributed by atoms with Crippen LogP contribution in [0, 0.1) is 6.92 Å². The number of hydrogen-bond acceptors (Lipinski definition) is 5. The molecule has 3 heterocycles. The first-order valence-electron chi connectivity index (χ1n) is 8.53. The molecule has 6 heteroatoms. The van der Waals surface area contributed by atoms with Gasteiger partial charge in [0.15, 0.2) is 11.5 Å². The number of fused-ring (bicyclic) bond motifs is 1. The minimum Gasteiger partial charge on any atom is -0.466 e. The molecule has 0 spiro atoms. The highest BCUT2D eigenvalue weighted by Crippen LogP contribution is 2.34. The van der Waals surface area contributed by atoms with Gasteiger partial charge in [-0.3, -0.25) is 9.69 Å². The van der Waals surface area contributed by atoms with E-state index in [1.165, 1.54) is 5.56 Å². The summed E-state index contributed by atoms with van der Waals surface area (Å²) in [7, 11) is 0. The van der Waals surface area contributed by atoms with Gasteiger partial charge >= 0.3 is 0 Å². The maximum atomic E-state index is 11.6. The molecule has 6 nitrogen and oxygen atoms in total. The van der Waals surface area contributed by atoms with Crippen LogP contribution < -0.4 is 14.8 Å². The van der Waals surface area contributed by atoms with Gasteiger partial charge in [0.1, 0.15) is 11.5 Å². The summed E-state index contributed by atoms with van der Waals surface area (Å²) >= 11 is 0. The summed E-state index contributed by atoms with van der Waals surface area (Å²) < 4.78 is 16.6. The van der Waals surface area contributed by atoms with Crippen molar-refractivity contribution < 1.29 is 18.7 Å². The lowest BCUT2D eigenvalue weighted by atomic mass is 10.0. The Bertz CT molecular complexity index is 785. The largest absolute Gasteiger partial charge is 0.466 e. The predicted octanol–water partition coefficient (Wildman–Crippen LogP) is 2.42. The predicted molar refractivity (Wildman–Crippen MR) is 91.6 cm³/mol. The number of nitrogens with zero attached hydrogens (tertiary/aromatic N) is 1. The van der Waals surface area contributed by atoms with Crippen LogP contribution >= 0.6 is 0 Å². The number of likely N-dealkylation sites (tertiary alicyclic amines) is 1. The minimum atomic E-state index is -0.0109. The summed E-state index contributed by atoms with van der Waals surface area (Å²) in [5.74, 6) is 3.57. The average molecular weight is 342 g/mol. The second-order valence-corrected chi connectivity index (χ2v) is 6.74. The van der Waals surface area contributed by atoms with Crippen molar-refractivity contribution in [1.82, 2.24) is 10.2 Å². The van der Waals surface area contributed by atoms with E-state index in [2.05, 4.69) is 16.3 Å². The molecule has 0 unspecified atom stereocenters. The van der Waals surface area contributed by atoms with E-state index in [9.17, 15) is 4.79 Å². The van der Waals surface area contributed by atoms with E-state index in [0.717, 1.165) is 42.7 Å². The molecule has 1 N–H and O–H groups in total. The quantitative estimate of drug-likeness (QED) is 0.924. The van der Waals surface area contributed by atoms with Crippen molar-refractivity contribution in [1.29, 1.82) is 0 Å². The van der Waals surface area contributed by atoms with E-state index in [1.807, 2.05) is 31.2 Å². The molecule has 0 bridgehead atoms. The Morgan fingerprint density at radius 3 is 2.80 bits per heavy atom. The van der Waals surface area contributed by atoms with Crippen LogP contribution in [0.25, 0.3) is 0 Å². The number of carbonyl (C=O) groups excluding carboxylic acids is 1. The highest BCUT2D eigenvalue weighted by Gasteiger charge is 2.36. The number of rotatable bonds is 4. The molecule has 132 valence electrons. The van der Waals surface area contributed by atoms with Gasteiger partial charge in [0, 0.05) is 26.6 Å². The number of benzene rings is 1. The summed E-state index contributed by atoms with van der Waals surface area (Å²) in [6, 6.07) is 10.1. The second kappa shape index (κ2) is 6.44. The highest BCUT2D eigenvalue weighted by molar-refractivity contribution is 5.73. The monoisotopic (exact) mass is 342 g/mol. The second-order valence-electron chi connectivity index (χ2n) is 6.74. The number of carbonyl (C=O) groups is 1. The Kier molecular flexibility index (Phi) is 4.13. The molecular weight excluding hydrogens is 320 g/mol. The fourth-order valence-corrected chi connectivity index (χ4v) is 3.66. The van der Waals surface area contributed by atoms with Crippen LogP contribution in [0.3, 0.4) is 0 Å². The van der Waals surface area contributed by atoms with Gasteiger partial charge in [0.25, 0.3) is 0 Å². The Morgan fingerprint density at radius 1 is 1.20 bits per heavy atom. The Labute approximate surface area is 146 Å². The summed E-state index contributed by atoms with van der Waals surface area (Å²) in [5.41, 5.74) is 1.17. The van der Waals surface area contributed by atoms with Crippen molar-refractivity contribution in [2.75, 3.05) is 19.9 Å². The number of aryl methyl sites for hydroxylation is 1. The summed E-state index contributed by atoms with van der Waals surface area (Å²) in [4.78, 5) is 13.9. The van der Waals surface area contributed by atoms with Gasteiger partial charge in [-0.25, -0.2) is 0 Å². The third-order valence-corrected chi connectivity index (χ3v) is 4.75. The fourth-order valence-electron chi connectivity index (χ4n) is 3.66. The maximum absolute atomic E-state index is 11.6. The SMILES string of the molecule is CC(=O)N[C@@H]1CN(Cc2ccc3c(c2)OCO3)C[C@H]1c1ccc(C)o1. The number of nitrogens with one attached hydrogen (secondary N) is 1. The van der Waals surface area contributed by atoms with Gasteiger partial charge < -0.3 is 19.2 Å². The number of hydrogen-bond donors (Lipinski definition) is 1. The maximum Gasteiger partial charge on any atom is 0.231 e. The van der Waals surface area contributed by atoms with Crippen molar-refractivity contribution in [2.24, 2.45) is 0 Å². The smallest absolute Gasteiger partial charge is 0.231 e. The normalized spacial score (nSPS) is 22.3. The van der Waals surface area contributed by atoms with E-state index in [0.29, 0.717) is 0 Å². The molecular formula is C19H22N2O4. The molecule has 1 saturated heterocycles. The molecule has 1 aromatic heterocycles. The van der Waals surface area contributed by atoms with Crippen LogP contribution in [-0.4, -0.2) is 36.7 Å². The van der Waals surface area contributed by atoms with Gasteiger partial charge in [-0.1, -0.05) is 6.07 Å². The molecule has 0 aliphatic carbocycles. The summed E-state index contributed by atoms with van der Waals surface area (Å²) in [6.07, 6.45) is 0. The molecule has 1 amide bonds. The first kappa shape index (κ1) is 16.0. The summed E-state index contributed by atoms with van der Waals surface area (Å²) in [5, 5.41) is 3.07. The van der Waals surface area contributed by atoms with E-state index in [1.54, 1.807) is 6.92 Å². The third-order valence-electron chi connectivity index (χ3n) is 4.75. The molecule has 4 rings (SSSR count). The van der Waals surface area contributed by atoms with Crippen molar-refractivity contribution in [2.45, 2.75) is 32.4 Å². The average Bonchev–Trinajstić information content (AvgIpc) is 3.26. The van der Waals surface area contributed by atoms with Gasteiger partial charge in [0.05, 0.1) is 12.0 Å². The number of furan rings is 1. The van der Waals surface area contributed by atoms with Crippen molar-refractivity contribution in [3.63, 3.8) is 0 Å². The molecule has 1 fully saturated rings. The van der Waals surface area contributed by atoms with E-state index >= 15 is 0 Å². The highest BCUT2D eigenvalue weighted by atomic mass is 16.7.